The van der Waals surface area contributed by atoms with Crippen molar-refractivity contribution >= 4 is 27.8 Å². The fourth-order valence-corrected chi connectivity index (χ4v) is 1.31. The van der Waals surface area contributed by atoms with Crippen LogP contribution in [0.15, 0.2) is 24.3 Å². The summed E-state index contributed by atoms with van der Waals surface area (Å²) in [4.78, 5) is 23.8. The molecule has 0 atom stereocenters. The number of amides is 2. The van der Waals surface area contributed by atoms with Crippen LogP contribution in [0.2, 0.25) is 0 Å². The first-order valence-corrected chi connectivity index (χ1v) is 5.08. The van der Waals surface area contributed by atoms with E-state index in [2.05, 4.69) is 5.32 Å². The number of hydrogen-bond donors (Lipinski definition) is 1. The largest absolute Gasteiger partial charge is 0.292 e. The van der Waals surface area contributed by atoms with E-state index in [1.807, 2.05) is 6.07 Å². The summed E-state index contributed by atoms with van der Waals surface area (Å²) in [5, 5.41) is 9.55. The van der Waals surface area contributed by atoms with Gasteiger partial charge in [-0.05, 0) is 11.6 Å². The van der Waals surface area contributed by atoms with Crippen LogP contribution in [0.4, 0.5) is 0 Å². The van der Waals surface area contributed by atoms with Gasteiger partial charge in [-0.2, -0.15) is 0 Å². The van der Waals surface area contributed by atoms with Crippen molar-refractivity contribution in [2.75, 3.05) is 0 Å². The molecule has 5 heteroatoms. The monoisotopic (exact) mass is 268 g/mol. The van der Waals surface area contributed by atoms with Crippen LogP contribution in [0.3, 0.4) is 0 Å². The third kappa shape index (κ3) is 2.91. The number of nitrogens with one attached hydrogen (secondary N) is 1. The summed E-state index contributed by atoms with van der Waals surface area (Å²) in [6.07, 6.45) is 0.307. The smallest absolute Gasteiger partial charge is 0.258 e. The summed E-state index contributed by atoms with van der Waals surface area (Å²) in [6.45, 7) is 0. The van der Waals surface area contributed by atoms with Crippen LogP contribution in [0.25, 0.3) is 0 Å². The van der Waals surface area contributed by atoms with Crippen LogP contribution in [0.1, 0.15) is 15.9 Å². The SMILES string of the molecule is N#C[SeH].O=C1Cc2ccccc2C(=O)N1. The van der Waals surface area contributed by atoms with E-state index in [1.54, 1.807) is 39.2 Å². The maximum atomic E-state index is 11.2. The number of nitrogens with zero attached hydrogens (tertiary/aromatic N) is 1. The summed E-state index contributed by atoms with van der Waals surface area (Å²) < 4.78 is 0. The number of hydrogen-bond acceptors (Lipinski definition) is 3. The summed E-state index contributed by atoms with van der Waals surface area (Å²) >= 11 is 1.77. The molecule has 1 heterocycles. The van der Waals surface area contributed by atoms with Crippen molar-refractivity contribution in [3.05, 3.63) is 35.4 Å². The molecule has 0 saturated heterocycles. The van der Waals surface area contributed by atoms with E-state index in [9.17, 15) is 9.59 Å². The second-order valence-electron chi connectivity index (χ2n) is 2.81. The Kier molecular flexibility index (Phi) is 4.04. The maximum Gasteiger partial charge on any atom is 0.258 e. The number of fused-ring (bicyclic) bond motifs is 1. The van der Waals surface area contributed by atoms with E-state index in [-0.39, 0.29) is 11.8 Å². The zero-order valence-electron chi connectivity index (χ0n) is 7.73. The molecule has 0 aliphatic carbocycles. The van der Waals surface area contributed by atoms with Crippen LogP contribution in [0.5, 0.6) is 0 Å². The molecule has 1 aromatic carbocycles. The van der Waals surface area contributed by atoms with Crippen LogP contribution < -0.4 is 5.32 Å². The van der Waals surface area contributed by atoms with Gasteiger partial charge in [0.25, 0.3) is 5.91 Å². The minimum atomic E-state index is -0.290. The van der Waals surface area contributed by atoms with Crippen LogP contribution in [-0.2, 0) is 11.2 Å². The Morgan fingerprint density at radius 2 is 1.93 bits per heavy atom. The first-order valence-electron chi connectivity index (χ1n) is 4.14. The third-order valence-electron chi connectivity index (χ3n) is 1.87. The Hall–Kier alpha value is -1.63. The van der Waals surface area contributed by atoms with Crippen molar-refractivity contribution in [1.82, 2.24) is 5.32 Å². The Bertz CT molecular complexity index is 437. The van der Waals surface area contributed by atoms with Crippen molar-refractivity contribution in [1.29, 1.82) is 5.26 Å². The first kappa shape index (κ1) is 11.4. The van der Waals surface area contributed by atoms with E-state index < -0.39 is 0 Å². The molecule has 2 amide bonds. The quantitative estimate of drug-likeness (QED) is 0.525. The molecule has 1 aliphatic rings. The molecule has 2 rings (SSSR count). The number of rotatable bonds is 0. The van der Waals surface area contributed by atoms with Gasteiger partial charge in [-0.25, -0.2) is 0 Å². The average Bonchev–Trinajstić information content (AvgIpc) is 2.18. The van der Waals surface area contributed by atoms with E-state index in [0.717, 1.165) is 5.56 Å². The topological polar surface area (TPSA) is 70.0 Å². The molecule has 0 radical (unpaired) electrons. The van der Waals surface area contributed by atoms with Gasteiger partial charge in [0.2, 0.25) is 5.91 Å². The Morgan fingerprint density at radius 1 is 1.33 bits per heavy atom. The molecule has 15 heavy (non-hydrogen) atoms. The number of carbonyl (C=O) groups is 2. The minimum Gasteiger partial charge on any atom is -0.292 e. The van der Waals surface area contributed by atoms with Crippen LogP contribution in [0, 0.1) is 10.2 Å². The molecular formula is C10H8N2O2Se. The van der Waals surface area contributed by atoms with Gasteiger partial charge < -0.3 is 0 Å². The minimum absolute atomic E-state index is 0.223. The van der Waals surface area contributed by atoms with Crippen molar-refractivity contribution < 1.29 is 9.59 Å². The molecule has 1 aliphatic heterocycles. The van der Waals surface area contributed by atoms with Gasteiger partial charge in [-0.1, -0.05) is 18.2 Å². The molecule has 0 fully saturated rings. The molecule has 0 aromatic heterocycles. The number of benzene rings is 1. The normalized spacial score (nSPS) is 12.8. The first-order chi connectivity index (χ1) is 7.19. The van der Waals surface area contributed by atoms with Gasteiger partial charge in [0.1, 0.15) is 0 Å². The zero-order valence-corrected chi connectivity index (χ0v) is 9.60. The second-order valence-corrected chi connectivity index (χ2v) is 3.23. The van der Waals surface area contributed by atoms with Gasteiger partial charge >= 0.3 is 26.2 Å². The fourth-order valence-electron chi connectivity index (χ4n) is 1.31. The summed E-state index contributed by atoms with van der Waals surface area (Å²) in [6, 6.07) is 7.13. The summed E-state index contributed by atoms with van der Waals surface area (Å²) in [7, 11) is 0. The van der Waals surface area contributed by atoms with E-state index in [4.69, 9.17) is 5.26 Å². The molecule has 76 valence electrons. The number of imide groups is 1. The molecule has 1 aromatic rings. The molecule has 1 N–H and O–H groups in total. The van der Waals surface area contributed by atoms with E-state index in [0.29, 0.717) is 12.0 Å². The van der Waals surface area contributed by atoms with Gasteiger partial charge in [-0.3, -0.25) is 14.9 Å². The van der Waals surface area contributed by atoms with Gasteiger partial charge in [0.15, 0.2) is 0 Å². The van der Waals surface area contributed by atoms with Gasteiger partial charge in [0, 0.05) is 5.56 Å². The fraction of sp³-hybridized carbons (Fsp3) is 0.100. The standard InChI is InChI=1S/C9H7NO2.CHNSe/c11-8-5-6-3-1-2-4-7(6)9(12)10-8;2-1-3/h1-4H,5H2,(H,10,11,12);3H. The van der Waals surface area contributed by atoms with Crippen molar-refractivity contribution in [2.45, 2.75) is 6.42 Å². The van der Waals surface area contributed by atoms with E-state index >= 15 is 0 Å². The summed E-state index contributed by atoms with van der Waals surface area (Å²) in [5.74, 6) is -0.513. The van der Waals surface area contributed by atoms with Crippen molar-refractivity contribution in [2.24, 2.45) is 0 Å². The van der Waals surface area contributed by atoms with Crippen LogP contribution >= 0.6 is 0 Å². The molecule has 0 unspecified atom stereocenters. The van der Waals surface area contributed by atoms with Crippen LogP contribution in [-0.4, -0.2) is 27.8 Å². The number of carbonyl (C=O) groups excluding carboxylic acids is 2. The van der Waals surface area contributed by atoms with Gasteiger partial charge in [0.05, 0.1) is 6.42 Å². The van der Waals surface area contributed by atoms with Gasteiger partial charge in [-0.15, -0.1) is 0 Å². The molecule has 0 saturated carbocycles. The predicted octanol–water partition coefficient (Wildman–Crippen LogP) is -0.133. The predicted molar refractivity (Wildman–Crippen MR) is 55.4 cm³/mol. The summed E-state index contributed by atoms with van der Waals surface area (Å²) in [5.41, 5.74) is 1.42. The maximum absolute atomic E-state index is 11.2. The molecular weight excluding hydrogens is 259 g/mol. The Morgan fingerprint density at radius 3 is 2.60 bits per heavy atom. The Balaban J connectivity index is 0.000000337. The second kappa shape index (κ2) is 5.30. The van der Waals surface area contributed by atoms with Crippen molar-refractivity contribution in [3.8, 4) is 4.97 Å². The van der Waals surface area contributed by atoms with E-state index in [1.165, 1.54) is 0 Å². The molecule has 0 bridgehead atoms. The molecule has 0 spiro atoms. The Labute approximate surface area is 95.1 Å². The number of nitriles is 1. The average molecular weight is 267 g/mol. The van der Waals surface area contributed by atoms with Crippen molar-refractivity contribution in [3.63, 3.8) is 0 Å². The molecule has 4 nitrogen and oxygen atoms in total. The zero-order chi connectivity index (χ0) is 11.3. The third-order valence-corrected chi connectivity index (χ3v) is 1.87.